The molecule has 6 aliphatic rings. The lowest BCUT2D eigenvalue weighted by molar-refractivity contribution is -0.144. The smallest absolute Gasteiger partial charge is 0.261 e. The second-order valence-electron chi connectivity index (χ2n) is 14.7. The van der Waals surface area contributed by atoms with Crippen molar-refractivity contribution in [3.8, 4) is 17.2 Å². The van der Waals surface area contributed by atoms with Crippen LogP contribution in [0, 0.1) is 29.0 Å². The van der Waals surface area contributed by atoms with Gasteiger partial charge in [0.15, 0.2) is 11.5 Å². The largest absolute Gasteiger partial charge is 0.387 e. The number of aliphatic hydroxyl groups is 1. The van der Waals surface area contributed by atoms with Crippen molar-refractivity contribution < 1.29 is 23.1 Å². The Hall–Kier alpha value is -3.36. The number of nitrogens with one attached hydrogen (secondary N) is 1. The summed E-state index contributed by atoms with van der Waals surface area (Å²) in [7, 11) is 0. The van der Waals surface area contributed by atoms with Crippen LogP contribution in [-0.2, 0) is 11.2 Å². The van der Waals surface area contributed by atoms with E-state index in [-0.39, 0.29) is 76.9 Å². The van der Waals surface area contributed by atoms with Gasteiger partial charge in [0.1, 0.15) is 11.7 Å². The van der Waals surface area contributed by atoms with Crippen molar-refractivity contribution in [3.63, 3.8) is 0 Å². The molecule has 0 radical (unpaired) electrons. The summed E-state index contributed by atoms with van der Waals surface area (Å²) in [6, 6.07) is 9.76. The van der Waals surface area contributed by atoms with Crippen LogP contribution in [0.25, 0.3) is 32.9 Å². The Morgan fingerprint density at radius 3 is 2.69 bits per heavy atom. The van der Waals surface area contributed by atoms with Crippen LogP contribution >= 0.6 is 23.2 Å². The third-order valence-electron chi connectivity index (χ3n) is 11.9. The minimum Gasteiger partial charge on any atom is -0.387 e. The molecule has 2 aromatic heterocycles. The van der Waals surface area contributed by atoms with Crippen LogP contribution < -0.4 is 5.32 Å². The number of piperidine rings is 1. The number of halogens is 5. The third-order valence-corrected chi connectivity index (χ3v) is 12.7. The van der Waals surface area contributed by atoms with Crippen LogP contribution in [-0.4, -0.2) is 55.9 Å². The van der Waals surface area contributed by atoms with Gasteiger partial charge in [-0.2, -0.15) is 5.26 Å². The number of hydrogen-bond acceptors (Lipinski definition) is 5. The Kier molecular flexibility index (Phi) is 7.14. The van der Waals surface area contributed by atoms with E-state index in [0.29, 0.717) is 39.5 Å². The second kappa shape index (κ2) is 11.1. The van der Waals surface area contributed by atoms with Gasteiger partial charge in [-0.15, -0.1) is 0 Å². The number of aryl methyl sites for hydroxylation is 1. The molecule has 2 aromatic carbocycles. The number of aliphatic hydroxyl groups excluding tert-OH is 1. The summed E-state index contributed by atoms with van der Waals surface area (Å²) in [6.45, 7) is 2.34. The highest BCUT2D eigenvalue weighted by molar-refractivity contribution is 6.43. The molecule has 3 saturated carbocycles. The molecule has 49 heavy (non-hydrogen) atoms. The van der Waals surface area contributed by atoms with Crippen molar-refractivity contribution in [3.05, 3.63) is 63.1 Å². The van der Waals surface area contributed by atoms with E-state index in [1.165, 1.54) is 0 Å². The Morgan fingerprint density at radius 2 is 2.02 bits per heavy atom. The molecule has 3 aliphatic carbocycles. The van der Waals surface area contributed by atoms with Crippen molar-refractivity contribution >= 4 is 50.9 Å². The maximum absolute atomic E-state index is 17.2. The van der Waals surface area contributed by atoms with Gasteiger partial charge in [-0.3, -0.25) is 4.79 Å². The van der Waals surface area contributed by atoms with Crippen LogP contribution in [0.3, 0.4) is 0 Å². The van der Waals surface area contributed by atoms with Crippen LogP contribution in [0.4, 0.5) is 13.2 Å². The zero-order valence-corrected chi connectivity index (χ0v) is 28.2. The van der Waals surface area contributed by atoms with E-state index in [4.69, 9.17) is 28.2 Å². The van der Waals surface area contributed by atoms with Gasteiger partial charge in [0.25, 0.3) is 5.91 Å². The molecule has 0 spiro atoms. The minimum atomic E-state index is -1.92. The quantitative estimate of drug-likeness (QED) is 0.204. The Bertz CT molecular complexity index is 2110. The first-order chi connectivity index (χ1) is 23.5. The SMILES string of the molecule is CC(O)c1nc2c(F)c(-c3cccc(Cl)c3Cl)c(CCC#N)cc2c2c1cc(C1C3CC(CC3F)N1C(=O)C1(F)CC1)n2C1C2CNC1C2. The van der Waals surface area contributed by atoms with Crippen LogP contribution in [0.15, 0.2) is 30.3 Å². The topological polar surface area (TPSA) is 94.2 Å². The molecule has 4 aromatic rings. The first-order valence-electron chi connectivity index (χ1n) is 17.1. The molecular weight excluding hydrogens is 674 g/mol. The number of nitrogens with zero attached hydrogens (tertiary/aromatic N) is 4. The number of hydrogen-bond donors (Lipinski definition) is 2. The van der Waals surface area contributed by atoms with Crippen molar-refractivity contribution in [1.82, 2.24) is 19.8 Å². The molecule has 254 valence electrons. The van der Waals surface area contributed by atoms with Gasteiger partial charge < -0.3 is 19.9 Å². The average molecular weight is 709 g/mol. The van der Waals surface area contributed by atoms with Gasteiger partial charge in [-0.05, 0) is 75.1 Å². The highest BCUT2D eigenvalue weighted by Crippen LogP contribution is 2.58. The fraction of sp³-hybridized carbons (Fsp3) is 0.486. The molecule has 4 bridgehead atoms. The highest BCUT2D eigenvalue weighted by atomic mass is 35.5. The molecule has 6 fully saturated rings. The zero-order chi connectivity index (χ0) is 34.1. The van der Waals surface area contributed by atoms with Gasteiger partial charge in [0.2, 0.25) is 0 Å². The standard InChI is InChI=1S/C37H34Cl2F3N5O2/c1-16(48)31-23-14-27(35-21-12-19(13-25(21)40)46(35)36(49)37(42)7-8-37)47(33-18-11-26(33)44-15-18)34(23)22-10-17(4-3-9-43)28(30(41)32(22)45-31)20-5-2-6-24(38)29(20)39/h2,5-6,10,14,16,18-19,21,25-26,33,35,44,48H,3-4,7-8,11-13,15H2,1H3. The van der Waals surface area contributed by atoms with E-state index in [0.717, 1.165) is 13.0 Å². The Balaban J connectivity index is 1.36. The summed E-state index contributed by atoms with van der Waals surface area (Å²) in [4.78, 5) is 20.2. The predicted molar refractivity (Wildman–Crippen MR) is 180 cm³/mol. The summed E-state index contributed by atoms with van der Waals surface area (Å²) in [5, 5.41) is 25.8. The van der Waals surface area contributed by atoms with Crippen LogP contribution in [0.5, 0.6) is 0 Å². The van der Waals surface area contributed by atoms with Crippen molar-refractivity contribution in [2.75, 3.05) is 6.54 Å². The maximum Gasteiger partial charge on any atom is 0.261 e. The molecule has 8 unspecified atom stereocenters. The molecule has 3 saturated heterocycles. The molecule has 8 atom stereocenters. The number of carbonyl (C=O) groups is 1. The second-order valence-corrected chi connectivity index (χ2v) is 15.5. The third kappa shape index (κ3) is 4.48. The molecule has 3 aliphatic heterocycles. The Labute approximate surface area is 291 Å². The van der Waals surface area contributed by atoms with Gasteiger partial charge in [0, 0.05) is 58.6 Å². The van der Waals surface area contributed by atoms with Gasteiger partial charge in [-0.1, -0.05) is 35.3 Å². The number of rotatable bonds is 7. The number of nitriles is 1. The van der Waals surface area contributed by atoms with Gasteiger partial charge >= 0.3 is 0 Å². The number of carbonyl (C=O) groups excluding carboxylic acids is 1. The number of fused-ring (bicyclic) bond motifs is 6. The van der Waals surface area contributed by atoms with E-state index in [1.54, 1.807) is 30.0 Å². The van der Waals surface area contributed by atoms with Crippen LogP contribution in [0.1, 0.15) is 80.6 Å². The first-order valence-corrected chi connectivity index (χ1v) is 17.9. The van der Waals surface area contributed by atoms with E-state index in [2.05, 4.69) is 16.0 Å². The lowest BCUT2D eigenvalue weighted by Crippen LogP contribution is -2.48. The average Bonchev–Trinajstić information content (AvgIpc) is 3.62. The number of benzene rings is 2. The monoisotopic (exact) mass is 707 g/mol. The van der Waals surface area contributed by atoms with Crippen molar-refractivity contribution in [1.29, 1.82) is 5.26 Å². The molecule has 10 rings (SSSR count). The molecule has 1 amide bonds. The summed E-state index contributed by atoms with van der Waals surface area (Å²) in [6.07, 6.45) is -0.0136. The summed E-state index contributed by atoms with van der Waals surface area (Å²) < 4.78 is 50.6. The van der Waals surface area contributed by atoms with Gasteiger partial charge in [-0.25, -0.2) is 18.2 Å². The lowest BCUT2D eigenvalue weighted by atomic mass is 9.79. The normalized spacial score (nSPS) is 29.8. The number of pyridine rings is 1. The van der Waals surface area contributed by atoms with E-state index < -0.39 is 47.7 Å². The zero-order valence-electron chi connectivity index (χ0n) is 26.7. The maximum atomic E-state index is 17.2. The van der Waals surface area contributed by atoms with E-state index >= 15 is 13.2 Å². The molecular formula is C37H34Cl2F3N5O2. The number of aromatic nitrogens is 2. The summed E-state index contributed by atoms with van der Waals surface area (Å²) in [5.74, 6) is -1.50. The van der Waals surface area contributed by atoms with Gasteiger partial charge in [0.05, 0.1) is 45.5 Å². The van der Waals surface area contributed by atoms with Crippen molar-refractivity contribution in [2.24, 2.45) is 11.8 Å². The molecule has 12 heteroatoms. The summed E-state index contributed by atoms with van der Waals surface area (Å²) >= 11 is 13.0. The Morgan fingerprint density at radius 1 is 1.22 bits per heavy atom. The summed E-state index contributed by atoms with van der Waals surface area (Å²) in [5.41, 5.74) is 0.742. The fourth-order valence-electron chi connectivity index (χ4n) is 9.45. The molecule has 7 nitrogen and oxygen atoms in total. The van der Waals surface area contributed by atoms with E-state index in [9.17, 15) is 15.2 Å². The minimum absolute atomic E-state index is 0.0191. The predicted octanol–water partition coefficient (Wildman–Crippen LogP) is 7.85. The lowest BCUT2D eigenvalue weighted by Gasteiger charge is -2.42. The number of likely N-dealkylation sites (tertiary alicyclic amines) is 1. The highest BCUT2D eigenvalue weighted by Gasteiger charge is 2.62. The number of alkyl halides is 2. The molecule has 5 heterocycles. The molecule has 2 N–H and O–H groups in total. The van der Waals surface area contributed by atoms with Crippen molar-refractivity contribution in [2.45, 2.75) is 94.0 Å². The fourth-order valence-corrected chi connectivity index (χ4v) is 9.84. The number of amides is 1. The first kappa shape index (κ1) is 31.6. The van der Waals surface area contributed by atoms with Crippen LogP contribution in [0.2, 0.25) is 10.0 Å². The van der Waals surface area contributed by atoms with E-state index in [1.807, 2.05) is 12.1 Å².